The van der Waals surface area contributed by atoms with E-state index in [0.717, 1.165) is 23.4 Å². The monoisotopic (exact) mass is 475 g/mol. The van der Waals surface area contributed by atoms with Crippen molar-refractivity contribution in [1.82, 2.24) is 4.31 Å². The van der Waals surface area contributed by atoms with E-state index in [2.05, 4.69) is 4.90 Å². The zero-order chi connectivity index (χ0) is 22.9. The van der Waals surface area contributed by atoms with E-state index in [1.54, 1.807) is 18.2 Å². The van der Waals surface area contributed by atoms with Gasteiger partial charge in [0.2, 0.25) is 10.0 Å². The first kappa shape index (κ1) is 22.3. The van der Waals surface area contributed by atoms with E-state index in [1.807, 2.05) is 18.2 Å². The number of nitrogens with zero attached hydrogens (tertiary/aromatic N) is 3. The largest absolute Gasteiger partial charge is 0.478 e. The maximum Gasteiger partial charge on any atom is 0.328 e. The fourth-order valence-corrected chi connectivity index (χ4v) is 5.67. The second-order valence-electron chi connectivity index (χ2n) is 7.57. The van der Waals surface area contributed by atoms with Crippen LogP contribution in [0.2, 0.25) is 5.02 Å². The van der Waals surface area contributed by atoms with Crippen LogP contribution in [0.15, 0.2) is 59.5 Å². The van der Waals surface area contributed by atoms with Crippen LogP contribution < -0.4 is 9.80 Å². The van der Waals surface area contributed by atoms with Gasteiger partial charge < -0.3 is 14.9 Å². The number of anilines is 2. The lowest BCUT2D eigenvalue weighted by molar-refractivity contribution is -0.131. The summed E-state index contributed by atoms with van der Waals surface area (Å²) in [4.78, 5) is 26.7. The Kier molecular flexibility index (Phi) is 6.23. The fourth-order valence-electron chi connectivity index (χ4n) is 4.01. The number of piperazine rings is 1. The Balaban J connectivity index is 1.47. The maximum atomic E-state index is 13.2. The van der Waals surface area contributed by atoms with E-state index < -0.39 is 21.9 Å². The Morgan fingerprint density at radius 3 is 2.41 bits per heavy atom. The quantitative estimate of drug-likeness (QED) is 0.667. The molecule has 0 spiro atoms. The topological polar surface area (TPSA) is 98.2 Å². The zero-order valence-corrected chi connectivity index (χ0v) is 18.7. The minimum absolute atomic E-state index is 0.197. The van der Waals surface area contributed by atoms with Gasteiger partial charge in [-0.1, -0.05) is 17.7 Å². The third-order valence-electron chi connectivity index (χ3n) is 5.63. The molecule has 0 unspecified atom stereocenters. The first-order chi connectivity index (χ1) is 15.3. The molecule has 2 aromatic carbocycles. The van der Waals surface area contributed by atoms with Crippen LogP contribution in [0.4, 0.5) is 11.4 Å². The summed E-state index contributed by atoms with van der Waals surface area (Å²) in [6.07, 6.45) is 2.30. The van der Waals surface area contributed by atoms with Crippen molar-refractivity contribution >= 4 is 44.9 Å². The van der Waals surface area contributed by atoms with Crippen molar-refractivity contribution in [3.63, 3.8) is 0 Å². The molecule has 1 N–H and O–H groups in total. The van der Waals surface area contributed by atoms with Crippen LogP contribution in [0.1, 0.15) is 5.56 Å². The Hall–Kier alpha value is -2.88. The third-order valence-corrected chi connectivity index (χ3v) is 7.76. The summed E-state index contributed by atoms with van der Waals surface area (Å²) in [5, 5.41) is 9.35. The molecule has 2 aromatic rings. The number of amides is 1. The molecule has 32 heavy (non-hydrogen) atoms. The van der Waals surface area contributed by atoms with E-state index in [9.17, 15) is 18.0 Å². The SMILES string of the molecule is O=C(O)C=CC(=O)N1CCc2cc(S(=O)(=O)N3CCN(c4cccc(Cl)c4)CC3)ccc21. The standard InChI is InChI=1S/C22H22ClN3O5S/c23-17-2-1-3-18(15-17)24-10-12-25(13-11-24)32(30,31)19-4-5-20-16(14-19)8-9-26(20)21(27)6-7-22(28)29/h1-7,14-15H,8-13H2,(H,28,29). The Morgan fingerprint density at radius 1 is 0.969 bits per heavy atom. The molecular weight excluding hydrogens is 454 g/mol. The number of carboxylic acid groups (broad SMARTS) is 1. The summed E-state index contributed by atoms with van der Waals surface area (Å²) in [5.41, 5.74) is 2.32. The van der Waals surface area contributed by atoms with Crippen molar-refractivity contribution in [2.24, 2.45) is 0 Å². The van der Waals surface area contributed by atoms with E-state index >= 15 is 0 Å². The number of sulfonamides is 1. The van der Waals surface area contributed by atoms with Gasteiger partial charge in [-0.2, -0.15) is 4.31 Å². The van der Waals surface area contributed by atoms with E-state index in [-0.39, 0.29) is 4.90 Å². The molecule has 4 rings (SSSR count). The van der Waals surface area contributed by atoms with Crippen molar-refractivity contribution in [1.29, 1.82) is 0 Å². The molecule has 2 aliphatic rings. The molecule has 8 nitrogen and oxygen atoms in total. The van der Waals surface area contributed by atoms with Crippen LogP contribution in [0.3, 0.4) is 0 Å². The Bertz CT molecular complexity index is 1190. The predicted octanol–water partition coefficient (Wildman–Crippen LogP) is 2.38. The van der Waals surface area contributed by atoms with Crippen molar-refractivity contribution in [2.45, 2.75) is 11.3 Å². The van der Waals surface area contributed by atoms with Gasteiger partial charge in [0, 0.05) is 61.3 Å². The number of carboxylic acids is 1. The van der Waals surface area contributed by atoms with Gasteiger partial charge in [-0.3, -0.25) is 4.79 Å². The number of rotatable bonds is 5. The highest BCUT2D eigenvalue weighted by Gasteiger charge is 2.31. The molecule has 2 heterocycles. The molecule has 10 heteroatoms. The molecule has 0 aromatic heterocycles. The number of hydrogen-bond donors (Lipinski definition) is 1. The van der Waals surface area contributed by atoms with Crippen molar-refractivity contribution < 1.29 is 23.1 Å². The van der Waals surface area contributed by atoms with Crippen LogP contribution >= 0.6 is 11.6 Å². The molecule has 0 radical (unpaired) electrons. The lowest BCUT2D eigenvalue weighted by Crippen LogP contribution is -2.48. The fraction of sp³-hybridized carbons (Fsp3) is 0.273. The van der Waals surface area contributed by atoms with E-state index in [0.29, 0.717) is 49.9 Å². The molecule has 0 saturated carbocycles. The van der Waals surface area contributed by atoms with Crippen molar-refractivity contribution in [3.8, 4) is 0 Å². The molecule has 1 amide bonds. The van der Waals surface area contributed by atoms with Crippen LogP contribution in [-0.2, 0) is 26.0 Å². The van der Waals surface area contributed by atoms with Gasteiger partial charge in [0.15, 0.2) is 0 Å². The summed E-state index contributed by atoms with van der Waals surface area (Å²) >= 11 is 6.07. The average Bonchev–Trinajstić information content (AvgIpc) is 3.21. The number of fused-ring (bicyclic) bond motifs is 1. The molecule has 168 valence electrons. The normalized spacial score (nSPS) is 17.0. The van der Waals surface area contributed by atoms with Crippen molar-refractivity contribution in [3.05, 3.63) is 65.2 Å². The molecule has 2 aliphatic heterocycles. The number of carbonyl (C=O) groups excluding carboxylic acids is 1. The second-order valence-corrected chi connectivity index (χ2v) is 9.95. The number of halogens is 1. The van der Waals surface area contributed by atoms with E-state index in [1.165, 1.54) is 15.3 Å². The Labute approximate surface area is 191 Å². The summed E-state index contributed by atoms with van der Waals surface area (Å²) in [6, 6.07) is 12.2. The highest BCUT2D eigenvalue weighted by molar-refractivity contribution is 7.89. The van der Waals surface area contributed by atoms with Gasteiger partial charge in [-0.05, 0) is 48.4 Å². The lowest BCUT2D eigenvalue weighted by Gasteiger charge is -2.35. The van der Waals surface area contributed by atoms with Crippen LogP contribution in [0.5, 0.6) is 0 Å². The molecule has 0 bridgehead atoms. The minimum Gasteiger partial charge on any atom is -0.478 e. The first-order valence-electron chi connectivity index (χ1n) is 10.1. The third kappa shape index (κ3) is 4.50. The van der Waals surface area contributed by atoms with Crippen LogP contribution in [0.25, 0.3) is 0 Å². The van der Waals surface area contributed by atoms with Gasteiger partial charge in [0.1, 0.15) is 0 Å². The van der Waals surface area contributed by atoms with Gasteiger partial charge in [-0.25, -0.2) is 13.2 Å². The van der Waals surface area contributed by atoms with Gasteiger partial charge >= 0.3 is 5.97 Å². The molecule has 0 atom stereocenters. The zero-order valence-electron chi connectivity index (χ0n) is 17.1. The van der Waals surface area contributed by atoms with Gasteiger partial charge in [0.05, 0.1) is 4.90 Å². The smallest absolute Gasteiger partial charge is 0.328 e. The van der Waals surface area contributed by atoms with E-state index in [4.69, 9.17) is 16.7 Å². The minimum atomic E-state index is -3.67. The first-order valence-corrected chi connectivity index (χ1v) is 11.9. The highest BCUT2D eigenvalue weighted by atomic mass is 35.5. The molecular formula is C22H22ClN3O5S. The number of aliphatic carboxylic acids is 1. The number of benzene rings is 2. The van der Waals surface area contributed by atoms with Crippen molar-refractivity contribution in [2.75, 3.05) is 42.5 Å². The summed E-state index contributed by atoms with van der Waals surface area (Å²) in [6.45, 7) is 2.21. The van der Waals surface area contributed by atoms with Crippen LogP contribution in [0, 0.1) is 0 Å². The summed E-state index contributed by atoms with van der Waals surface area (Å²) in [7, 11) is -3.67. The van der Waals surface area contributed by atoms with Crippen LogP contribution in [-0.4, -0.2) is 62.4 Å². The molecule has 1 saturated heterocycles. The molecule has 0 aliphatic carbocycles. The Morgan fingerprint density at radius 2 is 1.72 bits per heavy atom. The average molecular weight is 476 g/mol. The van der Waals surface area contributed by atoms with Gasteiger partial charge in [0.25, 0.3) is 5.91 Å². The highest BCUT2D eigenvalue weighted by Crippen LogP contribution is 2.32. The lowest BCUT2D eigenvalue weighted by atomic mass is 10.2. The number of carbonyl (C=O) groups is 2. The predicted molar refractivity (Wildman–Crippen MR) is 122 cm³/mol. The summed E-state index contributed by atoms with van der Waals surface area (Å²) in [5.74, 6) is -1.64. The van der Waals surface area contributed by atoms with Gasteiger partial charge in [-0.15, -0.1) is 0 Å². The summed E-state index contributed by atoms with van der Waals surface area (Å²) < 4.78 is 27.9. The maximum absolute atomic E-state index is 13.2. The second kappa shape index (κ2) is 8.93. The number of hydrogen-bond acceptors (Lipinski definition) is 5. The molecule has 1 fully saturated rings.